The summed E-state index contributed by atoms with van der Waals surface area (Å²) in [6.07, 6.45) is 5.01. The zero-order valence-corrected chi connectivity index (χ0v) is 14.8. The van der Waals surface area contributed by atoms with Gasteiger partial charge in [-0.1, -0.05) is 53.2 Å². The van der Waals surface area contributed by atoms with Gasteiger partial charge in [0.25, 0.3) is 0 Å². The average molecular weight is 361 g/mol. The Morgan fingerprint density at radius 2 is 1.86 bits per heavy atom. The largest absolute Gasteiger partial charge is 0.496 e. The summed E-state index contributed by atoms with van der Waals surface area (Å²) in [5.41, 5.74) is 5.30. The normalized spacial score (nSPS) is 11.1. The van der Waals surface area contributed by atoms with Crippen LogP contribution < -0.4 is 4.74 Å². The molecule has 1 N–H and O–H groups in total. The first-order chi connectivity index (χ1) is 10.6. The Balaban J connectivity index is 2.41. The fraction of sp³-hybridized carbons (Fsp3) is 0.263. The molecule has 116 valence electrons. The Bertz CT molecular complexity index is 690. The molecule has 0 aliphatic heterocycles. The van der Waals surface area contributed by atoms with Gasteiger partial charge in [-0.25, -0.2) is 0 Å². The lowest BCUT2D eigenvalue weighted by Crippen LogP contribution is -1.93. The predicted molar refractivity (Wildman–Crippen MR) is 96.1 cm³/mol. The third kappa shape index (κ3) is 3.79. The lowest BCUT2D eigenvalue weighted by Gasteiger charge is -2.10. The van der Waals surface area contributed by atoms with Crippen LogP contribution >= 0.6 is 15.9 Å². The van der Waals surface area contributed by atoms with E-state index in [0.29, 0.717) is 0 Å². The minimum atomic E-state index is 0.0438. The van der Waals surface area contributed by atoms with Crippen molar-refractivity contribution >= 4 is 28.1 Å². The number of hydrogen-bond acceptors (Lipinski definition) is 2. The van der Waals surface area contributed by atoms with Crippen molar-refractivity contribution < 1.29 is 9.84 Å². The lowest BCUT2D eigenvalue weighted by molar-refractivity contribution is 0.281. The van der Waals surface area contributed by atoms with Gasteiger partial charge in [-0.2, -0.15) is 0 Å². The highest BCUT2D eigenvalue weighted by atomic mass is 79.9. The van der Waals surface area contributed by atoms with Gasteiger partial charge >= 0.3 is 0 Å². The second-order valence-corrected chi connectivity index (χ2v) is 6.14. The maximum absolute atomic E-state index is 9.56. The van der Waals surface area contributed by atoms with E-state index in [1.54, 1.807) is 7.11 Å². The van der Waals surface area contributed by atoms with Crippen LogP contribution in [0.2, 0.25) is 0 Å². The van der Waals surface area contributed by atoms with Crippen LogP contribution in [-0.2, 0) is 13.0 Å². The highest BCUT2D eigenvalue weighted by molar-refractivity contribution is 9.10. The molecular formula is C19H21BrO2. The van der Waals surface area contributed by atoms with Crippen molar-refractivity contribution in [3.63, 3.8) is 0 Å². The number of hydrogen-bond donors (Lipinski definition) is 1. The summed E-state index contributed by atoms with van der Waals surface area (Å²) in [6.45, 7) is 4.18. The van der Waals surface area contributed by atoms with E-state index in [1.807, 2.05) is 31.2 Å². The van der Waals surface area contributed by atoms with Crippen molar-refractivity contribution in [2.75, 3.05) is 7.11 Å². The van der Waals surface area contributed by atoms with Gasteiger partial charge in [-0.15, -0.1) is 0 Å². The molecule has 0 saturated heterocycles. The molecule has 0 unspecified atom stereocenters. The van der Waals surface area contributed by atoms with Gasteiger partial charge in [0.1, 0.15) is 5.75 Å². The van der Waals surface area contributed by atoms with E-state index < -0.39 is 0 Å². The van der Waals surface area contributed by atoms with Crippen LogP contribution in [-0.4, -0.2) is 12.2 Å². The molecule has 0 spiro atoms. The number of rotatable bonds is 5. The Labute approximate surface area is 140 Å². The molecule has 2 nitrogen and oxygen atoms in total. The fourth-order valence-corrected chi connectivity index (χ4v) is 3.11. The summed E-state index contributed by atoms with van der Waals surface area (Å²) in [5.74, 6) is 0.871. The van der Waals surface area contributed by atoms with Crippen molar-refractivity contribution in [3.05, 3.63) is 62.6 Å². The van der Waals surface area contributed by atoms with E-state index in [-0.39, 0.29) is 6.61 Å². The average Bonchev–Trinajstić information content (AvgIpc) is 2.52. The van der Waals surface area contributed by atoms with Gasteiger partial charge in [-0.3, -0.25) is 0 Å². The highest BCUT2D eigenvalue weighted by Crippen LogP contribution is 2.29. The Morgan fingerprint density at radius 1 is 1.14 bits per heavy atom. The number of aliphatic hydroxyl groups is 1. The minimum Gasteiger partial charge on any atom is -0.496 e. The third-order valence-electron chi connectivity index (χ3n) is 3.70. The molecule has 0 atom stereocenters. The quantitative estimate of drug-likeness (QED) is 0.760. The summed E-state index contributed by atoms with van der Waals surface area (Å²) >= 11 is 3.52. The topological polar surface area (TPSA) is 29.5 Å². The molecule has 0 bridgehead atoms. The fourth-order valence-electron chi connectivity index (χ4n) is 2.52. The van der Waals surface area contributed by atoms with Crippen LogP contribution in [0.15, 0.2) is 34.8 Å². The standard InChI is InChI=1S/C19H21BrO2/c1-4-14-5-6-15(17(10-14)12-21)7-8-16-11-18(20)9-13(2)19(16)22-3/h5-11,21H,4,12H2,1-3H3. The molecule has 2 aromatic carbocycles. The molecule has 0 fully saturated rings. The SMILES string of the molecule is CCc1ccc(C=Cc2cc(Br)cc(C)c2OC)c(CO)c1. The van der Waals surface area contributed by atoms with E-state index in [9.17, 15) is 5.11 Å². The second kappa shape index (κ2) is 7.61. The summed E-state index contributed by atoms with van der Waals surface area (Å²) in [7, 11) is 1.68. The first-order valence-electron chi connectivity index (χ1n) is 7.34. The van der Waals surface area contributed by atoms with Crippen LogP contribution in [0.1, 0.15) is 34.7 Å². The van der Waals surface area contributed by atoms with Crippen LogP contribution in [0.4, 0.5) is 0 Å². The van der Waals surface area contributed by atoms with Crippen LogP contribution in [0.3, 0.4) is 0 Å². The molecule has 0 aliphatic carbocycles. The maximum atomic E-state index is 9.56. The molecule has 2 aromatic rings. The second-order valence-electron chi connectivity index (χ2n) is 5.22. The molecule has 0 amide bonds. The summed E-state index contributed by atoms with van der Waals surface area (Å²) in [5, 5.41) is 9.56. The van der Waals surface area contributed by atoms with Crippen molar-refractivity contribution in [1.29, 1.82) is 0 Å². The van der Waals surface area contributed by atoms with Gasteiger partial charge in [0.2, 0.25) is 0 Å². The molecule has 0 aromatic heterocycles. The van der Waals surface area contributed by atoms with Gasteiger partial charge in [0.05, 0.1) is 13.7 Å². The van der Waals surface area contributed by atoms with Crippen molar-refractivity contribution in [2.45, 2.75) is 26.9 Å². The highest BCUT2D eigenvalue weighted by Gasteiger charge is 2.06. The van der Waals surface area contributed by atoms with E-state index >= 15 is 0 Å². The van der Waals surface area contributed by atoms with Gasteiger partial charge in [0, 0.05) is 10.0 Å². The molecule has 3 heteroatoms. The van der Waals surface area contributed by atoms with Crippen LogP contribution in [0.5, 0.6) is 5.75 Å². The number of aliphatic hydroxyl groups excluding tert-OH is 1. The van der Waals surface area contributed by atoms with Crippen LogP contribution in [0, 0.1) is 6.92 Å². The number of ether oxygens (including phenoxy) is 1. The van der Waals surface area contributed by atoms with Crippen LogP contribution in [0.25, 0.3) is 12.2 Å². The zero-order valence-electron chi connectivity index (χ0n) is 13.2. The van der Waals surface area contributed by atoms with Gasteiger partial charge < -0.3 is 9.84 Å². The maximum Gasteiger partial charge on any atom is 0.129 e. The van der Waals surface area contributed by atoms with E-state index in [2.05, 4.69) is 41.1 Å². The zero-order chi connectivity index (χ0) is 16.1. The predicted octanol–water partition coefficient (Wildman–Crippen LogP) is 4.99. The van der Waals surface area contributed by atoms with E-state index in [1.165, 1.54) is 5.56 Å². The molecule has 22 heavy (non-hydrogen) atoms. The monoisotopic (exact) mass is 360 g/mol. The number of halogens is 1. The molecule has 0 heterocycles. The lowest BCUT2D eigenvalue weighted by atomic mass is 10.0. The minimum absolute atomic E-state index is 0.0438. The number of benzene rings is 2. The Hall–Kier alpha value is -1.58. The summed E-state index contributed by atoms with van der Waals surface area (Å²) < 4.78 is 6.51. The third-order valence-corrected chi connectivity index (χ3v) is 4.16. The van der Waals surface area contributed by atoms with E-state index in [0.717, 1.165) is 38.9 Å². The Kier molecular flexibility index (Phi) is 5.81. The number of aryl methyl sites for hydroxylation is 2. The first-order valence-corrected chi connectivity index (χ1v) is 8.13. The molecular weight excluding hydrogens is 340 g/mol. The van der Waals surface area contributed by atoms with Gasteiger partial charge in [0.15, 0.2) is 0 Å². The van der Waals surface area contributed by atoms with Crippen molar-refractivity contribution in [3.8, 4) is 5.75 Å². The van der Waals surface area contributed by atoms with Crippen molar-refractivity contribution in [1.82, 2.24) is 0 Å². The number of methoxy groups -OCH3 is 1. The smallest absolute Gasteiger partial charge is 0.129 e. The summed E-state index contributed by atoms with van der Waals surface area (Å²) in [4.78, 5) is 0. The molecule has 0 saturated carbocycles. The molecule has 0 aliphatic rings. The molecule has 2 rings (SSSR count). The first kappa shape index (κ1) is 16.8. The van der Waals surface area contributed by atoms with Gasteiger partial charge in [-0.05, 0) is 47.7 Å². The van der Waals surface area contributed by atoms with E-state index in [4.69, 9.17) is 4.74 Å². The Morgan fingerprint density at radius 3 is 2.50 bits per heavy atom. The summed E-state index contributed by atoms with van der Waals surface area (Å²) in [6, 6.07) is 10.3. The molecule has 0 radical (unpaired) electrons. The van der Waals surface area contributed by atoms with Crippen molar-refractivity contribution in [2.24, 2.45) is 0 Å².